The van der Waals surface area contributed by atoms with E-state index in [1.807, 2.05) is 0 Å². The molecule has 2 nitrogen and oxygen atoms in total. The number of hydrogen-bond donors (Lipinski definition) is 0. The molecule has 0 spiro atoms. The standard InChI is InChI=1S/C7H5ClF2O2S/c1-4-6(10)2-5(9)3-7(4)13(8,11)12/h2-3H,1H3. The van der Waals surface area contributed by atoms with Crippen molar-refractivity contribution in [3.05, 3.63) is 29.3 Å². The van der Waals surface area contributed by atoms with Crippen LogP contribution in [0.25, 0.3) is 0 Å². The topological polar surface area (TPSA) is 34.1 Å². The van der Waals surface area contributed by atoms with Crippen LogP contribution in [0.5, 0.6) is 0 Å². The normalized spacial score (nSPS) is 11.7. The maximum atomic E-state index is 12.8. The average molecular weight is 227 g/mol. The van der Waals surface area contributed by atoms with Crippen molar-refractivity contribution >= 4 is 19.7 Å². The Hall–Kier alpha value is -0.680. The fourth-order valence-corrected chi connectivity index (χ4v) is 2.07. The van der Waals surface area contributed by atoms with Gasteiger partial charge in [0, 0.05) is 22.3 Å². The van der Waals surface area contributed by atoms with E-state index >= 15 is 0 Å². The third-order valence-electron chi connectivity index (χ3n) is 1.52. The Labute approximate surface area is 78.6 Å². The molecule has 0 heterocycles. The van der Waals surface area contributed by atoms with Crippen LogP contribution in [0.15, 0.2) is 17.0 Å². The van der Waals surface area contributed by atoms with Gasteiger partial charge in [-0.05, 0) is 13.0 Å². The quantitative estimate of drug-likeness (QED) is 0.688. The van der Waals surface area contributed by atoms with E-state index in [-0.39, 0.29) is 5.56 Å². The maximum absolute atomic E-state index is 12.8. The molecular weight excluding hydrogens is 222 g/mol. The Morgan fingerprint density at radius 1 is 1.31 bits per heavy atom. The van der Waals surface area contributed by atoms with Crippen LogP contribution in [-0.4, -0.2) is 8.42 Å². The minimum atomic E-state index is -4.09. The molecule has 0 aliphatic carbocycles. The zero-order valence-corrected chi connectivity index (χ0v) is 8.09. The molecule has 13 heavy (non-hydrogen) atoms. The number of benzene rings is 1. The van der Waals surface area contributed by atoms with Crippen molar-refractivity contribution < 1.29 is 17.2 Å². The maximum Gasteiger partial charge on any atom is 0.261 e. The van der Waals surface area contributed by atoms with Crippen LogP contribution in [0.1, 0.15) is 5.56 Å². The number of halogens is 3. The first kappa shape index (κ1) is 10.4. The highest BCUT2D eigenvalue weighted by Gasteiger charge is 2.17. The Morgan fingerprint density at radius 3 is 2.31 bits per heavy atom. The second-order valence-electron chi connectivity index (χ2n) is 2.45. The molecule has 0 aromatic heterocycles. The minimum Gasteiger partial charge on any atom is -0.207 e. The first-order chi connectivity index (χ1) is 5.82. The van der Waals surface area contributed by atoms with Crippen molar-refractivity contribution in [1.82, 2.24) is 0 Å². The zero-order valence-electron chi connectivity index (χ0n) is 6.51. The Kier molecular flexibility index (Phi) is 2.58. The van der Waals surface area contributed by atoms with Gasteiger partial charge >= 0.3 is 0 Å². The second kappa shape index (κ2) is 3.23. The number of hydrogen-bond acceptors (Lipinski definition) is 2. The second-order valence-corrected chi connectivity index (χ2v) is 4.98. The van der Waals surface area contributed by atoms with Gasteiger partial charge in [0.25, 0.3) is 9.05 Å². The molecule has 0 unspecified atom stereocenters. The molecule has 0 radical (unpaired) electrons. The van der Waals surface area contributed by atoms with Crippen LogP contribution >= 0.6 is 10.7 Å². The summed E-state index contributed by atoms with van der Waals surface area (Å²) in [6.07, 6.45) is 0. The Morgan fingerprint density at radius 2 is 1.85 bits per heavy atom. The summed E-state index contributed by atoms with van der Waals surface area (Å²) >= 11 is 0. The van der Waals surface area contributed by atoms with Crippen molar-refractivity contribution in [2.75, 3.05) is 0 Å². The number of rotatable bonds is 1. The third kappa shape index (κ3) is 2.16. The van der Waals surface area contributed by atoms with Gasteiger partial charge in [0.1, 0.15) is 11.6 Å². The van der Waals surface area contributed by atoms with Crippen molar-refractivity contribution in [3.63, 3.8) is 0 Å². The Balaban J connectivity index is 3.56. The van der Waals surface area contributed by atoms with E-state index in [4.69, 9.17) is 10.7 Å². The molecule has 6 heteroatoms. The van der Waals surface area contributed by atoms with Crippen LogP contribution in [-0.2, 0) is 9.05 Å². The van der Waals surface area contributed by atoms with Crippen LogP contribution in [0.3, 0.4) is 0 Å². The first-order valence-electron chi connectivity index (χ1n) is 3.22. The molecule has 0 fully saturated rings. The van der Waals surface area contributed by atoms with Crippen LogP contribution < -0.4 is 0 Å². The summed E-state index contributed by atoms with van der Waals surface area (Å²) in [5, 5.41) is 0. The molecule has 0 N–H and O–H groups in total. The monoisotopic (exact) mass is 226 g/mol. The molecule has 0 aliphatic heterocycles. The Bertz CT molecular complexity index is 442. The highest BCUT2D eigenvalue weighted by atomic mass is 35.7. The SMILES string of the molecule is Cc1c(F)cc(F)cc1S(=O)(=O)Cl. The van der Waals surface area contributed by atoms with E-state index in [9.17, 15) is 17.2 Å². The van der Waals surface area contributed by atoms with Crippen LogP contribution in [0.2, 0.25) is 0 Å². The van der Waals surface area contributed by atoms with Gasteiger partial charge in [-0.15, -0.1) is 0 Å². The summed E-state index contributed by atoms with van der Waals surface area (Å²) in [5.74, 6) is -1.90. The molecule has 0 aliphatic rings. The molecule has 0 atom stereocenters. The van der Waals surface area contributed by atoms with E-state index in [1.54, 1.807) is 0 Å². The first-order valence-corrected chi connectivity index (χ1v) is 5.53. The fraction of sp³-hybridized carbons (Fsp3) is 0.143. The average Bonchev–Trinajstić information content (AvgIpc) is 1.94. The van der Waals surface area contributed by atoms with E-state index in [0.717, 1.165) is 0 Å². The van der Waals surface area contributed by atoms with Crippen LogP contribution in [0, 0.1) is 18.6 Å². The van der Waals surface area contributed by atoms with E-state index in [2.05, 4.69) is 0 Å². The molecule has 1 aromatic rings. The summed E-state index contributed by atoms with van der Waals surface area (Å²) in [6, 6.07) is 1.28. The summed E-state index contributed by atoms with van der Waals surface area (Å²) < 4.78 is 47.0. The molecule has 0 bridgehead atoms. The lowest BCUT2D eigenvalue weighted by molar-refractivity contribution is 0.563. The highest BCUT2D eigenvalue weighted by Crippen LogP contribution is 2.22. The molecular formula is C7H5ClF2O2S. The summed E-state index contributed by atoms with van der Waals surface area (Å²) in [5.41, 5.74) is -0.184. The van der Waals surface area contributed by atoms with E-state index < -0.39 is 25.6 Å². The third-order valence-corrected chi connectivity index (χ3v) is 2.97. The van der Waals surface area contributed by atoms with Gasteiger partial charge < -0.3 is 0 Å². The molecule has 1 rings (SSSR count). The van der Waals surface area contributed by atoms with Crippen LogP contribution in [0.4, 0.5) is 8.78 Å². The highest BCUT2D eigenvalue weighted by molar-refractivity contribution is 8.13. The van der Waals surface area contributed by atoms with Gasteiger partial charge in [-0.2, -0.15) is 0 Å². The lowest BCUT2D eigenvalue weighted by Gasteiger charge is -2.02. The van der Waals surface area contributed by atoms with E-state index in [1.165, 1.54) is 6.92 Å². The van der Waals surface area contributed by atoms with Gasteiger partial charge in [-0.25, -0.2) is 17.2 Å². The predicted molar refractivity (Wildman–Crippen MR) is 44.1 cm³/mol. The fourth-order valence-electron chi connectivity index (χ4n) is 0.875. The van der Waals surface area contributed by atoms with Crippen molar-refractivity contribution in [3.8, 4) is 0 Å². The minimum absolute atomic E-state index is 0.184. The van der Waals surface area contributed by atoms with Crippen molar-refractivity contribution in [1.29, 1.82) is 0 Å². The largest absolute Gasteiger partial charge is 0.261 e. The smallest absolute Gasteiger partial charge is 0.207 e. The van der Waals surface area contributed by atoms with E-state index in [0.29, 0.717) is 12.1 Å². The van der Waals surface area contributed by atoms with Gasteiger partial charge in [-0.1, -0.05) is 0 Å². The molecule has 0 saturated carbocycles. The van der Waals surface area contributed by atoms with Crippen molar-refractivity contribution in [2.24, 2.45) is 0 Å². The lowest BCUT2D eigenvalue weighted by atomic mass is 10.2. The molecule has 0 amide bonds. The molecule has 0 saturated heterocycles. The van der Waals surface area contributed by atoms with Crippen molar-refractivity contribution in [2.45, 2.75) is 11.8 Å². The predicted octanol–water partition coefficient (Wildman–Crippen LogP) is 2.20. The van der Waals surface area contributed by atoms with Gasteiger partial charge in [0.05, 0.1) is 4.90 Å². The lowest BCUT2D eigenvalue weighted by Crippen LogP contribution is -1.98. The van der Waals surface area contributed by atoms with Gasteiger partial charge in [0.15, 0.2) is 0 Å². The van der Waals surface area contributed by atoms with Gasteiger partial charge in [-0.3, -0.25) is 0 Å². The molecule has 1 aromatic carbocycles. The zero-order chi connectivity index (χ0) is 10.2. The summed E-state index contributed by atoms with van der Waals surface area (Å²) in [6.45, 7) is 1.21. The molecule has 72 valence electrons. The van der Waals surface area contributed by atoms with Gasteiger partial charge in [0.2, 0.25) is 0 Å². The summed E-state index contributed by atoms with van der Waals surface area (Å²) in [4.78, 5) is -0.535. The summed E-state index contributed by atoms with van der Waals surface area (Å²) in [7, 11) is 0.860.